The summed E-state index contributed by atoms with van der Waals surface area (Å²) in [5.74, 6) is 1.89. The molecule has 0 saturated carbocycles. The Hall–Kier alpha value is -2.80. The maximum atomic E-state index is 12.5. The van der Waals surface area contributed by atoms with Crippen molar-refractivity contribution >= 4 is 11.7 Å². The van der Waals surface area contributed by atoms with Crippen LogP contribution in [0.5, 0.6) is 11.5 Å². The van der Waals surface area contributed by atoms with Crippen LogP contribution in [0.2, 0.25) is 0 Å². The van der Waals surface area contributed by atoms with Gasteiger partial charge >= 0.3 is 0 Å². The number of amides is 1. The average molecular weight is 412 g/mol. The SMILES string of the molecule is O=C(CCC(=O)c1ccc2c(c1)OCCO2)NCC(c1ccco1)N1CCCCC1. The van der Waals surface area contributed by atoms with Crippen molar-refractivity contribution in [2.45, 2.75) is 38.1 Å². The van der Waals surface area contributed by atoms with Gasteiger partial charge in [-0.15, -0.1) is 0 Å². The Morgan fingerprint density at radius 3 is 2.57 bits per heavy atom. The molecule has 7 nitrogen and oxygen atoms in total. The molecule has 1 fully saturated rings. The lowest BCUT2D eigenvalue weighted by molar-refractivity contribution is -0.121. The zero-order chi connectivity index (χ0) is 20.8. The number of nitrogens with one attached hydrogen (secondary N) is 1. The molecule has 2 aromatic rings. The van der Waals surface area contributed by atoms with Crippen molar-refractivity contribution in [1.29, 1.82) is 0 Å². The maximum absolute atomic E-state index is 12.5. The number of benzene rings is 1. The molecule has 2 aliphatic heterocycles. The summed E-state index contributed by atoms with van der Waals surface area (Å²) in [5.41, 5.74) is 0.536. The van der Waals surface area contributed by atoms with Crippen molar-refractivity contribution in [3.05, 3.63) is 47.9 Å². The van der Waals surface area contributed by atoms with Gasteiger partial charge in [-0.1, -0.05) is 6.42 Å². The molecule has 1 amide bonds. The molecule has 0 bridgehead atoms. The first kappa shape index (κ1) is 20.5. The van der Waals surface area contributed by atoms with Crippen molar-refractivity contribution in [3.8, 4) is 11.5 Å². The first-order valence-electron chi connectivity index (χ1n) is 10.7. The summed E-state index contributed by atoms with van der Waals surface area (Å²) in [4.78, 5) is 27.3. The highest BCUT2D eigenvalue weighted by Crippen LogP contribution is 2.31. The molecular formula is C23H28N2O5. The summed E-state index contributed by atoms with van der Waals surface area (Å²) in [5, 5.41) is 2.99. The van der Waals surface area contributed by atoms with E-state index < -0.39 is 0 Å². The van der Waals surface area contributed by atoms with E-state index in [0.29, 0.717) is 36.8 Å². The van der Waals surface area contributed by atoms with Gasteiger partial charge < -0.3 is 19.2 Å². The lowest BCUT2D eigenvalue weighted by Gasteiger charge is -2.33. The maximum Gasteiger partial charge on any atom is 0.220 e. The lowest BCUT2D eigenvalue weighted by atomic mass is 10.0. The first-order chi connectivity index (χ1) is 14.7. The number of likely N-dealkylation sites (tertiary alicyclic amines) is 1. The molecule has 1 aromatic carbocycles. The number of nitrogens with zero attached hydrogens (tertiary/aromatic N) is 1. The molecule has 160 valence electrons. The molecule has 1 saturated heterocycles. The van der Waals surface area contributed by atoms with Gasteiger partial charge in [-0.3, -0.25) is 14.5 Å². The molecule has 0 aliphatic carbocycles. The number of hydrogen-bond donors (Lipinski definition) is 1. The van der Waals surface area contributed by atoms with Crippen LogP contribution in [0.25, 0.3) is 0 Å². The molecule has 3 heterocycles. The van der Waals surface area contributed by atoms with Gasteiger partial charge in [0.1, 0.15) is 19.0 Å². The van der Waals surface area contributed by atoms with Gasteiger partial charge in [0.05, 0.1) is 12.3 Å². The monoisotopic (exact) mass is 412 g/mol. The number of Topliss-reactive ketones (excluding diaryl/α,β-unsaturated/α-hetero) is 1. The number of ether oxygens (including phenoxy) is 2. The van der Waals surface area contributed by atoms with E-state index in [2.05, 4.69) is 10.2 Å². The fraction of sp³-hybridized carbons (Fsp3) is 0.478. The number of piperidine rings is 1. The van der Waals surface area contributed by atoms with Crippen LogP contribution in [0, 0.1) is 0 Å². The van der Waals surface area contributed by atoms with E-state index in [0.717, 1.165) is 31.7 Å². The Morgan fingerprint density at radius 2 is 1.80 bits per heavy atom. The summed E-state index contributed by atoms with van der Waals surface area (Å²) in [7, 11) is 0. The van der Waals surface area contributed by atoms with Crippen LogP contribution in [0.4, 0.5) is 0 Å². The zero-order valence-corrected chi connectivity index (χ0v) is 17.1. The van der Waals surface area contributed by atoms with Gasteiger partial charge in [-0.05, 0) is 56.3 Å². The molecular weight excluding hydrogens is 384 g/mol. The number of ketones is 1. The molecule has 30 heavy (non-hydrogen) atoms. The Bertz CT molecular complexity index is 858. The Balaban J connectivity index is 1.29. The van der Waals surface area contributed by atoms with E-state index in [4.69, 9.17) is 13.9 Å². The highest BCUT2D eigenvalue weighted by Gasteiger charge is 2.25. The van der Waals surface area contributed by atoms with Gasteiger partial charge in [0.15, 0.2) is 17.3 Å². The topological polar surface area (TPSA) is 81.0 Å². The summed E-state index contributed by atoms with van der Waals surface area (Å²) >= 11 is 0. The minimum atomic E-state index is -0.130. The fourth-order valence-electron chi connectivity index (χ4n) is 4.01. The Labute approximate surface area is 176 Å². The second kappa shape index (κ2) is 9.80. The number of fused-ring (bicyclic) bond motifs is 1. The number of rotatable bonds is 8. The number of furan rings is 1. The van der Waals surface area contributed by atoms with Crippen molar-refractivity contribution in [2.75, 3.05) is 32.8 Å². The predicted octanol–water partition coefficient (Wildman–Crippen LogP) is 3.36. The zero-order valence-electron chi connectivity index (χ0n) is 17.1. The Kier molecular flexibility index (Phi) is 6.69. The van der Waals surface area contributed by atoms with Crippen LogP contribution >= 0.6 is 0 Å². The van der Waals surface area contributed by atoms with Gasteiger partial charge in [0.25, 0.3) is 0 Å². The first-order valence-corrected chi connectivity index (χ1v) is 10.7. The van der Waals surface area contributed by atoms with Gasteiger partial charge in [0, 0.05) is 24.9 Å². The normalized spacial score (nSPS) is 17.3. The summed E-state index contributed by atoms with van der Waals surface area (Å²) in [6, 6.07) is 9.01. The molecule has 1 aromatic heterocycles. The van der Waals surface area contributed by atoms with E-state index >= 15 is 0 Å². The summed E-state index contributed by atoms with van der Waals surface area (Å²) < 4.78 is 16.6. The third kappa shape index (κ3) is 5.02. The lowest BCUT2D eigenvalue weighted by Crippen LogP contribution is -2.40. The summed E-state index contributed by atoms with van der Waals surface area (Å²) in [6.07, 6.45) is 5.54. The minimum absolute atomic E-state index is 0.0257. The molecule has 1 atom stereocenters. The van der Waals surface area contributed by atoms with Crippen LogP contribution in [0.3, 0.4) is 0 Å². The molecule has 1 N–H and O–H groups in total. The molecule has 0 radical (unpaired) electrons. The second-order valence-corrected chi connectivity index (χ2v) is 7.71. The summed E-state index contributed by atoms with van der Waals surface area (Å²) in [6.45, 7) is 3.47. The molecule has 1 unspecified atom stereocenters. The van der Waals surface area contributed by atoms with E-state index in [-0.39, 0.29) is 30.6 Å². The van der Waals surface area contributed by atoms with Gasteiger partial charge in [-0.2, -0.15) is 0 Å². The van der Waals surface area contributed by atoms with Crippen molar-refractivity contribution in [1.82, 2.24) is 10.2 Å². The van der Waals surface area contributed by atoms with Gasteiger partial charge in [-0.25, -0.2) is 0 Å². The van der Waals surface area contributed by atoms with Crippen molar-refractivity contribution < 1.29 is 23.5 Å². The molecule has 0 spiro atoms. The highest BCUT2D eigenvalue weighted by molar-refractivity contribution is 5.98. The van der Waals surface area contributed by atoms with Gasteiger partial charge in [0.2, 0.25) is 5.91 Å². The largest absolute Gasteiger partial charge is 0.486 e. The third-order valence-corrected chi connectivity index (χ3v) is 5.64. The second-order valence-electron chi connectivity index (χ2n) is 7.71. The van der Waals surface area contributed by atoms with E-state index in [1.54, 1.807) is 24.5 Å². The highest BCUT2D eigenvalue weighted by atomic mass is 16.6. The molecule has 4 rings (SSSR count). The minimum Gasteiger partial charge on any atom is -0.486 e. The van der Waals surface area contributed by atoms with Crippen molar-refractivity contribution in [2.24, 2.45) is 0 Å². The Morgan fingerprint density at radius 1 is 1.00 bits per heavy atom. The number of hydrogen-bond acceptors (Lipinski definition) is 6. The van der Waals surface area contributed by atoms with E-state index in [1.807, 2.05) is 12.1 Å². The van der Waals surface area contributed by atoms with Crippen LogP contribution in [0.15, 0.2) is 41.0 Å². The fourth-order valence-corrected chi connectivity index (χ4v) is 4.01. The van der Waals surface area contributed by atoms with Crippen LogP contribution < -0.4 is 14.8 Å². The third-order valence-electron chi connectivity index (χ3n) is 5.64. The quantitative estimate of drug-likeness (QED) is 0.670. The number of carbonyl (C=O) groups excluding carboxylic acids is 2. The van der Waals surface area contributed by atoms with Crippen LogP contribution in [-0.4, -0.2) is 49.4 Å². The average Bonchev–Trinajstić information content (AvgIpc) is 3.32. The standard InChI is InChI=1S/C23H28N2O5/c26-19(17-6-8-21-22(15-17)30-14-13-29-21)7-9-23(27)24-16-18(20-5-4-12-28-20)25-10-2-1-3-11-25/h4-6,8,12,15,18H,1-3,7,9-11,13-14,16H2,(H,24,27). The number of carbonyl (C=O) groups is 2. The predicted molar refractivity (Wildman–Crippen MR) is 111 cm³/mol. The molecule has 2 aliphatic rings. The van der Waals surface area contributed by atoms with Crippen molar-refractivity contribution in [3.63, 3.8) is 0 Å². The smallest absolute Gasteiger partial charge is 0.220 e. The molecule has 7 heteroatoms. The van der Waals surface area contributed by atoms with Crippen LogP contribution in [0.1, 0.15) is 54.3 Å². The van der Waals surface area contributed by atoms with E-state index in [9.17, 15) is 9.59 Å². The van der Waals surface area contributed by atoms with Crippen LogP contribution in [-0.2, 0) is 4.79 Å². The van der Waals surface area contributed by atoms with E-state index in [1.165, 1.54) is 6.42 Å².